The number of benzene rings is 2. The van der Waals surface area contributed by atoms with E-state index in [2.05, 4.69) is 47.6 Å². The first kappa shape index (κ1) is 17.9. The number of rotatable bonds is 7. The molecule has 0 radical (unpaired) electrons. The molecule has 2 aromatic carbocycles. The van der Waals surface area contributed by atoms with Crippen LogP contribution in [0.25, 0.3) is 0 Å². The van der Waals surface area contributed by atoms with Crippen LogP contribution in [0.15, 0.2) is 71.9 Å². The van der Waals surface area contributed by atoms with Crippen LogP contribution in [-0.4, -0.2) is 5.71 Å². The van der Waals surface area contributed by atoms with Gasteiger partial charge in [0.25, 0.3) is 0 Å². The van der Waals surface area contributed by atoms with Gasteiger partial charge < -0.3 is 4.84 Å². The van der Waals surface area contributed by atoms with Gasteiger partial charge in [-0.1, -0.05) is 47.6 Å². The first-order valence-electron chi connectivity index (χ1n) is 9.27. The number of nitrogens with zero attached hydrogens (tertiary/aromatic N) is 2. The van der Waals surface area contributed by atoms with E-state index in [1.807, 2.05) is 6.07 Å². The SMILES string of the molecule is N#Cc1ccc(O/N=C(/CCc2ccccc2)CC2C=CCCC2)cc1. The minimum atomic E-state index is 0.558. The van der Waals surface area contributed by atoms with Crippen molar-refractivity contribution in [2.24, 2.45) is 11.1 Å². The van der Waals surface area contributed by atoms with E-state index in [9.17, 15) is 0 Å². The number of hydrogen-bond acceptors (Lipinski definition) is 3. The van der Waals surface area contributed by atoms with Crippen molar-refractivity contribution in [2.75, 3.05) is 0 Å². The van der Waals surface area contributed by atoms with Gasteiger partial charge in [-0.2, -0.15) is 5.26 Å². The van der Waals surface area contributed by atoms with E-state index in [1.54, 1.807) is 24.3 Å². The topological polar surface area (TPSA) is 45.4 Å². The summed E-state index contributed by atoms with van der Waals surface area (Å²) in [6.07, 6.45) is 11.1. The molecule has 0 aromatic heterocycles. The van der Waals surface area contributed by atoms with Crippen molar-refractivity contribution in [1.29, 1.82) is 5.26 Å². The lowest BCUT2D eigenvalue weighted by Crippen LogP contribution is -2.11. The lowest BCUT2D eigenvalue weighted by atomic mass is 9.90. The molecule has 3 nitrogen and oxygen atoms in total. The van der Waals surface area contributed by atoms with Crippen LogP contribution in [-0.2, 0) is 6.42 Å². The molecule has 0 amide bonds. The Kier molecular flexibility index (Phi) is 6.61. The smallest absolute Gasteiger partial charge is 0.158 e. The van der Waals surface area contributed by atoms with Gasteiger partial charge >= 0.3 is 0 Å². The second-order valence-electron chi connectivity index (χ2n) is 6.69. The lowest BCUT2D eigenvalue weighted by Gasteiger charge is -2.17. The fourth-order valence-electron chi connectivity index (χ4n) is 3.18. The Bertz CT molecular complexity index is 785. The number of nitriles is 1. The molecule has 0 N–H and O–H groups in total. The van der Waals surface area contributed by atoms with Crippen LogP contribution in [0.5, 0.6) is 5.75 Å². The number of hydrogen-bond donors (Lipinski definition) is 0. The van der Waals surface area contributed by atoms with Crippen molar-refractivity contribution in [3.8, 4) is 11.8 Å². The molecule has 2 aromatic rings. The van der Waals surface area contributed by atoms with Crippen molar-refractivity contribution in [3.05, 3.63) is 77.9 Å². The van der Waals surface area contributed by atoms with Crippen molar-refractivity contribution in [2.45, 2.75) is 38.5 Å². The summed E-state index contributed by atoms with van der Waals surface area (Å²) in [5.74, 6) is 1.23. The molecule has 132 valence electrons. The van der Waals surface area contributed by atoms with E-state index in [0.717, 1.165) is 25.0 Å². The average molecular weight is 344 g/mol. The molecule has 26 heavy (non-hydrogen) atoms. The van der Waals surface area contributed by atoms with E-state index in [4.69, 9.17) is 10.1 Å². The molecule has 1 aliphatic carbocycles. The molecule has 1 unspecified atom stereocenters. The van der Waals surface area contributed by atoms with E-state index >= 15 is 0 Å². The molecule has 0 saturated carbocycles. The third-order valence-electron chi connectivity index (χ3n) is 4.66. The summed E-state index contributed by atoms with van der Waals surface area (Å²) in [7, 11) is 0. The highest BCUT2D eigenvalue weighted by atomic mass is 16.6. The number of aryl methyl sites for hydroxylation is 1. The summed E-state index contributed by atoms with van der Waals surface area (Å²) in [6.45, 7) is 0. The number of oxime groups is 1. The molecule has 3 heteroatoms. The summed E-state index contributed by atoms with van der Waals surface area (Å²) < 4.78 is 0. The van der Waals surface area contributed by atoms with Crippen molar-refractivity contribution in [1.82, 2.24) is 0 Å². The van der Waals surface area contributed by atoms with E-state index in [0.29, 0.717) is 17.2 Å². The maximum Gasteiger partial charge on any atom is 0.158 e. The first-order chi connectivity index (χ1) is 12.8. The molecule has 0 fully saturated rings. The van der Waals surface area contributed by atoms with Crippen molar-refractivity contribution in [3.63, 3.8) is 0 Å². The summed E-state index contributed by atoms with van der Waals surface area (Å²) in [5.41, 5.74) is 3.03. The third-order valence-corrected chi connectivity index (χ3v) is 4.66. The second kappa shape index (κ2) is 9.58. The van der Waals surface area contributed by atoms with Crippen LogP contribution < -0.4 is 4.84 Å². The average Bonchev–Trinajstić information content (AvgIpc) is 2.72. The maximum atomic E-state index is 8.88. The van der Waals surface area contributed by atoms with Crippen LogP contribution in [0, 0.1) is 17.2 Å². The van der Waals surface area contributed by atoms with Gasteiger partial charge in [0, 0.05) is 0 Å². The fourth-order valence-corrected chi connectivity index (χ4v) is 3.18. The zero-order valence-corrected chi connectivity index (χ0v) is 15.0. The van der Waals surface area contributed by atoms with Gasteiger partial charge in [-0.05, 0) is 74.3 Å². The standard InChI is InChI=1S/C23H24N2O/c24-18-21-12-15-23(16-13-21)26-25-22(17-20-9-5-2-6-10-20)14-11-19-7-3-1-4-8-19/h1,3-5,7-9,12-13,15-16,20H,2,6,10-11,14,17H2/b25-22-. The third kappa shape index (κ3) is 5.60. The largest absolute Gasteiger partial charge is 0.357 e. The van der Waals surface area contributed by atoms with Gasteiger partial charge in [0.05, 0.1) is 17.3 Å². The zero-order valence-electron chi connectivity index (χ0n) is 15.0. The maximum absolute atomic E-state index is 8.88. The Morgan fingerprint density at radius 2 is 1.92 bits per heavy atom. The minimum absolute atomic E-state index is 0.558. The zero-order chi connectivity index (χ0) is 18.0. The molecule has 0 heterocycles. The summed E-state index contributed by atoms with van der Waals surface area (Å²) in [6, 6.07) is 19.7. The second-order valence-corrected chi connectivity index (χ2v) is 6.69. The highest BCUT2D eigenvalue weighted by Crippen LogP contribution is 2.22. The summed E-state index contributed by atoms with van der Waals surface area (Å²) >= 11 is 0. The Labute approximate surface area is 155 Å². The molecule has 3 rings (SSSR count). The quantitative estimate of drug-likeness (QED) is 0.369. The van der Waals surface area contributed by atoms with Gasteiger partial charge in [-0.25, -0.2) is 0 Å². The van der Waals surface area contributed by atoms with Gasteiger partial charge in [0.15, 0.2) is 5.75 Å². The Hall–Kier alpha value is -2.86. The molecule has 0 saturated heterocycles. The molecule has 1 atom stereocenters. The van der Waals surface area contributed by atoms with Gasteiger partial charge in [-0.15, -0.1) is 0 Å². The predicted molar refractivity (Wildman–Crippen MR) is 105 cm³/mol. The molecule has 0 aliphatic heterocycles. The molecule has 0 bridgehead atoms. The van der Waals surface area contributed by atoms with Crippen LogP contribution in [0.2, 0.25) is 0 Å². The monoisotopic (exact) mass is 344 g/mol. The minimum Gasteiger partial charge on any atom is -0.357 e. The van der Waals surface area contributed by atoms with E-state index in [1.165, 1.54) is 24.8 Å². The van der Waals surface area contributed by atoms with Crippen LogP contribution in [0.4, 0.5) is 0 Å². The lowest BCUT2D eigenvalue weighted by molar-refractivity contribution is 0.337. The van der Waals surface area contributed by atoms with Gasteiger partial charge in [0.2, 0.25) is 0 Å². The Morgan fingerprint density at radius 3 is 2.62 bits per heavy atom. The molecular weight excluding hydrogens is 320 g/mol. The van der Waals surface area contributed by atoms with E-state index < -0.39 is 0 Å². The highest BCUT2D eigenvalue weighted by molar-refractivity contribution is 5.84. The number of allylic oxidation sites excluding steroid dienone is 2. The predicted octanol–water partition coefficient (Wildman–Crippen LogP) is 5.67. The Morgan fingerprint density at radius 1 is 1.12 bits per heavy atom. The van der Waals surface area contributed by atoms with Crippen molar-refractivity contribution < 1.29 is 4.84 Å². The van der Waals surface area contributed by atoms with Crippen LogP contribution in [0.3, 0.4) is 0 Å². The molecular formula is C23H24N2O. The Balaban J connectivity index is 1.66. The first-order valence-corrected chi connectivity index (χ1v) is 9.27. The van der Waals surface area contributed by atoms with Crippen molar-refractivity contribution >= 4 is 5.71 Å². The highest BCUT2D eigenvalue weighted by Gasteiger charge is 2.13. The molecule has 1 aliphatic rings. The van der Waals surface area contributed by atoms with Crippen LogP contribution in [0.1, 0.15) is 43.2 Å². The van der Waals surface area contributed by atoms with Crippen LogP contribution >= 0.6 is 0 Å². The van der Waals surface area contributed by atoms with Gasteiger partial charge in [-0.3, -0.25) is 0 Å². The molecule has 0 spiro atoms. The summed E-state index contributed by atoms with van der Waals surface area (Å²) in [5, 5.41) is 13.3. The normalized spacial score (nSPS) is 16.9. The summed E-state index contributed by atoms with van der Waals surface area (Å²) in [4.78, 5) is 5.65. The van der Waals surface area contributed by atoms with Gasteiger partial charge in [0.1, 0.15) is 0 Å². The van der Waals surface area contributed by atoms with E-state index in [-0.39, 0.29) is 0 Å². The fraction of sp³-hybridized carbons (Fsp3) is 0.304.